The van der Waals surface area contributed by atoms with Gasteiger partial charge >= 0.3 is 0 Å². The molecule has 1 heterocycles. The number of nitrogens with one attached hydrogen (secondary N) is 1. The largest absolute Gasteiger partial charge is 0.385 e. The minimum absolute atomic E-state index is 0.816. The Morgan fingerprint density at radius 2 is 2.38 bits per heavy atom. The molecule has 0 aliphatic rings. The predicted molar refractivity (Wildman–Crippen MR) is 49.4 cm³/mol. The van der Waals surface area contributed by atoms with Crippen LogP contribution in [-0.4, -0.2) is 41.6 Å². The molecule has 0 aliphatic heterocycles. The second-order valence-electron chi connectivity index (χ2n) is 2.75. The Bertz CT molecular complexity index is 200. The Kier molecular flexibility index (Phi) is 5.12. The smallest absolute Gasteiger partial charge is 0.137 e. The molecule has 1 aromatic heterocycles. The van der Waals surface area contributed by atoms with E-state index in [0.29, 0.717) is 0 Å². The minimum Gasteiger partial charge on any atom is -0.385 e. The van der Waals surface area contributed by atoms with Crippen molar-refractivity contribution in [2.45, 2.75) is 13.0 Å². The molecule has 0 saturated heterocycles. The molecule has 5 heteroatoms. The van der Waals surface area contributed by atoms with E-state index in [1.807, 2.05) is 4.68 Å². The fraction of sp³-hybridized carbons (Fsp3) is 0.750. The van der Waals surface area contributed by atoms with Gasteiger partial charge in [0.2, 0.25) is 0 Å². The number of methoxy groups -OCH3 is 1. The lowest BCUT2D eigenvalue weighted by atomic mass is 10.4. The Hall–Kier alpha value is -0.940. The number of hydrogen-bond acceptors (Lipinski definition) is 4. The first-order valence-electron chi connectivity index (χ1n) is 4.45. The van der Waals surface area contributed by atoms with Gasteiger partial charge in [0, 0.05) is 20.3 Å². The lowest BCUT2D eigenvalue weighted by Gasteiger charge is -2.03. The van der Waals surface area contributed by atoms with Crippen molar-refractivity contribution < 1.29 is 4.74 Å². The summed E-state index contributed by atoms with van der Waals surface area (Å²) >= 11 is 0. The third-order valence-electron chi connectivity index (χ3n) is 1.69. The first kappa shape index (κ1) is 10.1. The maximum Gasteiger partial charge on any atom is 0.137 e. The van der Waals surface area contributed by atoms with Crippen molar-refractivity contribution in [1.29, 1.82) is 0 Å². The van der Waals surface area contributed by atoms with E-state index < -0.39 is 0 Å². The second kappa shape index (κ2) is 6.56. The highest BCUT2D eigenvalue weighted by atomic mass is 16.5. The summed E-state index contributed by atoms with van der Waals surface area (Å²) in [6.45, 7) is 3.60. The summed E-state index contributed by atoms with van der Waals surface area (Å²) in [7, 11) is 1.72. The lowest BCUT2D eigenvalue weighted by molar-refractivity contribution is 0.194. The fourth-order valence-corrected chi connectivity index (χ4v) is 1.01. The molecule has 0 bridgehead atoms. The van der Waals surface area contributed by atoms with Crippen molar-refractivity contribution in [2.75, 3.05) is 26.8 Å². The molecular weight excluding hydrogens is 168 g/mol. The van der Waals surface area contributed by atoms with Gasteiger partial charge in [-0.15, -0.1) is 0 Å². The second-order valence-corrected chi connectivity index (χ2v) is 2.75. The first-order chi connectivity index (χ1) is 6.43. The molecule has 0 atom stereocenters. The maximum atomic E-state index is 4.93. The monoisotopic (exact) mass is 184 g/mol. The molecule has 0 unspecified atom stereocenters. The molecule has 0 saturated carbocycles. The van der Waals surface area contributed by atoms with E-state index in [4.69, 9.17) is 4.74 Å². The van der Waals surface area contributed by atoms with Crippen molar-refractivity contribution in [3.8, 4) is 0 Å². The van der Waals surface area contributed by atoms with Gasteiger partial charge in [0.25, 0.3) is 0 Å². The summed E-state index contributed by atoms with van der Waals surface area (Å²) in [6, 6.07) is 0. The van der Waals surface area contributed by atoms with Gasteiger partial charge in [-0.3, -0.25) is 4.68 Å². The molecule has 0 spiro atoms. The van der Waals surface area contributed by atoms with E-state index >= 15 is 0 Å². The van der Waals surface area contributed by atoms with Crippen LogP contribution in [0.25, 0.3) is 0 Å². The standard InChI is InChI=1S/C8H16N4O/c1-13-6-2-3-9-4-5-12-8-10-7-11-12/h7-9H,2-6H2,1H3. The van der Waals surface area contributed by atoms with Crippen molar-refractivity contribution in [2.24, 2.45) is 0 Å². The van der Waals surface area contributed by atoms with Crippen LogP contribution in [0.3, 0.4) is 0 Å². The van der Waals surface area contributed by atoms with E-state index in [0.717, 1.165) is 32.7 Å². The normalized spacial score (nSPS) is 10.5. The lowest BCUT2D eigenvalue weighted by Crippen LogP contribution is -2.22. The maximum absolute atomic E-state index is 4.93. The molecule has 1 rings (SSSR count). The van der Waals surface area contributed by atoms with Crippen LogP contribution in [0.1, 0.15) is 6.42 Å². The van der Waals surface area contributed by atoms with Gasteiger partial charge < -0.3 is 10.1 Å². The molecule has 5 nitrogen and oxygen atoms in total. The van der Waals surface area contributed by atoms with Gasteiger partial charge in [-0.1, -0.05) is 0 Å². The van der Waals surface area contributed by atoms with Crippen molar-refractivity contribution in [3.05, 3.63) is 12.7 Å². The number of ether oxygens (including phenoxy) is 1. The summed E-state index contributed by atoms with van der Waals surface area (Å²) in [4.78, 5) is 3.85. The number of nitrogens with zero attached hydrogens (tertiary/aromatic N) is 3. The molecule has 0 fully saturated rings. The summed E-state index contributed by atoms with van der Waals surface area (Å²) in [5, 5.41) is 7.28. The fourth-order valence-electron chi connectivity index (χ4n) is 1.01. The average molecular weight is 184 g/mol. The molecular formula is C8H16N4O. The quantitative estimate of drug-likeness (QED) is 0.601. The van der Waals surface area contributed by atoms with Crippen molar-refractivity contribution in [1.82, 2.24) is 20.1 Å². The van der Waals surface area contributed by atoms with E-state index in [-0.39, 0.29) is 0 Å². The van der Waals surface area contributed by atoms with Gasteiger partial charge in [-0.05, 0) is 13.0 Å². The van der Waals surface area contributed by atoms with Crippen LogP contribution in [0, 0.1) is 0 Å². The molecule has 74 valence electrons. The zero-order chi connectivity index (χ0) is 9.36. The Morgan fingerprint density at radius 1 is 1.46 bits per heavy atom. The molecule has 1 aromatic rings. The highest BCUT2D eigenvalue weighted by Gasteiger charge is 1.90. The topological polar surface area (TPSA) is 52.0 Å². The average Bonchev–Trinajstić information content (AvgIpc) is 2.63. The summed E-state index contributed by atoms with van der Waals surface area (Å²) in [5.41, 5.74) is 0. The van der Waals surface area contributed by atoms with Gasteiger partial charge in [0.15, 0.2) is 0 Å². The van der Waals surface area contributed by atoms with Gasteiger partial charge in [-0.25, -0.2) is 4.98 Å². The summed E-state index contributed by atoms with van der Waals surface area (Å²) in [5.74, 6) is 0. The van der Waals surface area contributed by atoms with E-state index in [1.165, 1.54) is 0 Å². The highest BCUT2D eigenvalue weighted by molar-refractivity contribution is 4.57. The van der Waals surface area contributed by atoms with Crippen LogP contribution in [0.5, 0.6) is 0 Å². The molecule has 1 N–H and O–H groups in total. The zero-order valence-electron chi connectivity index (χ0n) is 7.94. The third kappa shape index (κ3) is 4.59. The van der Waals surface area contributed by atoms with Gasteiger partial charge in [0.05, 0.1) is 6.54 Å². The molecule has 0 amide bonds. The predicted octanol–water partition coefficient (Wildman–Crippen LogP) is -0.0958. The minimum atomic E-state index is 0.816. The van der Waals surface area contributed by atoms with Crippen LogP contribution in [0.15, 0.2) is 12.7 Å². The highest BCUT2D eigenvalue weighted by Crippen LogP contribution is 1.80. The zero-order valence-corrected chi connectivity index (χ0v) is 7.94. The molecule has 13 heavy (non-hydrogen) atoms. The molecule has 0 aromatic carbocycles. The molecule has 0 radical (unpaired) electrons. The van der Waals surface area contributed by atoms with Gasteiger partial charge in [-0.2, -0.15) is 5.10 Å². The van der Waals surface area contributed by atoms with E-state index in [9.17, 15) is 0 Å². The SMILES string of the molecule is COCCCNCCn1cncn1. The molecule has 0 aliphatic carbocycles. The van der Waals surface area contributed by atoms with Crippen molar-refractivity contribution >= 4 is 0 Å². The van der Waals surface area contributed by atoms with Crippen molar-refractivity contribution in [3.63, 3.8) is 0 Å². The van der Waals surface area contributed by atoms with E-state index in [1.54, 1.807) is 19.8 Å². The van der Waals surface area contributed by atoms with Crippen LogP contribution in [-0.2, 0) is 11.3 Å². The number of aromatic nitrogens is 3. The van der Waals surface area contributed by atoms with Crippen LogP contribution < -0.4 is 5.32 Å². The van der Waals surface area contributed by atoms with Crippen LogP contribution >= 0.6 is 0 Å². The van der Waals surface area contributed by atoms with Crippen LogP contribution in [0.2, 0.25) is 0 Å². The van der Waals surface area contributed by atoms with Gasteiger partial charge in [0.1, 0.15) is 12.7 Å². The Balaban J connectivity index is 1.90. The number of hydrogen-bond donors (Lipinski definition) is 1. The first-order valence-corrected chi connectivity index (χ1v) is 4.45. The Labute approximate surface area is 78.1 Å². The number of rotatable bonds is 7. The summed E-state index contributed by atoms with van der Waals surface area (Å²) in [6.07, 6.45) is 4.32. The van der Waals surface area contributed by atoms with Crippen LogP contribution in [0.4, 0.5) is 0 Å². The van der Waals surface area contributed by atoms with E-state index in [2.05, 4.69) is 15.4 Å². The Morgan fingerprint density at radius 3 is 3.08 bits per heavy atom. The summed E-state index contributed by atoms with van der Waals surface area (Å²) < 4.78 is 6.74. The third-order valence-corrected chi connectivity index (χ3v) is 1.69.